The van der Waals surface area contributed by atoms with Gasteiger partial charge in [-0.1, -0.05) is 0 Å². The number of hydrogen-bond donors (Lipinski definition) is 1. The fraction of sp³-hybridized carbons (Fsp3) is 0.526. The number of nitrogens with one attached hydrogen (secondary N) is 1. The molecule has 8 heteroatoms. The molecular weight excluding hydrogens is 352 g/mol. The molecule has 1 N–H and O–H groups in total. The summed E-state index contributed by atoms with van der Waals surface area (Å²) in [5, 5.41) is 12.2. The first-order chi connectivity index (χ1) is 13.0. The van der Waals surface area contributed by atoms with Crippen molar-refractivity contribution >= 4 is 17.3 Å². The minimum atomic E-state index is -1.13. The molecule has 0 saturated carbocycles. The van der Waals surface area contributed by atoms with Gasteiger partial charge in [-0.15, -0.1) is 0 Å². The zero-order valence-corrected chi connectivity index (χ0v) is 14.9. The van der Waals surface area contributed by atoms with Gasteiger partial charge in [0.25, 0.3) is 0 Å². The Labute approximate surface area is 157 Å². The molecule has 6 nitrogen and oxygen atoms in total. The van der Waals surface area contributed by atoms with E-state index in [1.807, 2.05) is 11.0 Å². The summed E-state index contributed by atoms with van der Waals surface area (Å²) in [6.45, 7) is 8.48. The highest BCUT2D eigenvalue weighted by Crippen LogP contribution is 2.26. The summed E-state index contributed by atoms with van der Waals surface area (Å²) >= 11 is 0. The molecule has 1 amide bonds. The molecule has 0 aliphatic carbocycles. The van der Waals surface area contributed by atoms with Crippen LogP contribution in [0.25, 0.3) is 4.85 Å². The van der Waals surface area contributed by atoms with Crippen LogP contribution in [0, 0.1) is 23.7 Å². The third-order valence-corrected chi connectivity index (χ3v) is 5.12. The van der Waals surface area contributed by atoms with Crippen molar-refractivity contribution in [2.24, 2.45) is 0 Å². The summed E-state index contributed by atoms with van der Waals surface area (Å²) in [5.41, 5.74) is 0.970. The van der Waals surface area contributed by atoms with Crippen molar-refractivity contribution in [3.63, 3.8) is 0 Å². The third-order valence-electron chi connectivity index (χ3n) is 5.12. The van der Waals surface area contributed by atoms with Crippen LogP contribution in [-0.4, -0.2) is 55.2 Å². The lowest BCUT2D eigenvalue weighted by atomic mass is 10.0. The van der Waals surface area contributed by atoms with Gasteiger partial charge in [-0.25, -0.2) is 13.6 Å². The van der Waals surface area contributed by atoms with E-state index in [9.17, 15) is 13.6 Å². The second-order valence-corrected chi connectivity index (χ2v) is 6.95. The quantitative estimate of drug-likeness (QED) is 0.824. The Kier molecular flexibility index (Phi) is 5.88. The Morgan fingerprint density at radius 1 is 1.37 bits per heavy atom. The van der Waals surface area contributed by atoms with Crippen LogP contribution in [0.3, 0.4) is 0 Å². The van der Waals surface area contributed by atoms with Gasteiger partial charge in [-0.3, -0.25) is 4.79 Å². The SMILES string of the molecule is [C-]#[N+]c1cc(F)cc(N2CCC(NCC(=O)N3C[C@@H](F)C[C@H]3C#N)CC2)c1. The van der Waals surface area contributed by atoms with Crippen LogP contribution < -0.4 is 10.2 Å². The minimum Gasteiger partial charge on any atom is -0.372 e. The zero-order valence-electron chi connectivity index (χ0n) is 14.9. The number of nitrogens with zero attached hydrogens (tertiary/aromatic N) is 4. The van der Waals surface area contributed by atoms with Gasteiger partial charge in [0, 0.05) is 31.2 Å². The first-order valence-electron chi connectivity index (χ1n) is 8.99. The number of likely N-dealkylation sites (tertiary alicyclic amines) is 1. The molecule has 142 valence electrons. The Bertz CT molecular complexity index is 779. The highest BCUT2D eigenvalue weighted by atomic mass is 19.1. The number of carbonyl (C=O) groups is 1. The van der Waals surface area contributed by atoms with Gasteiger partial charge >= 0.3 is 0 Å². The maximum Gasteiger partial charge on any atom is 0.237 e. The number of benzene rings is 1. The van der Waals surface area contributed by atoms with Gasteiger partial charge in [-0.2, -0.15) is 5.26 Å². The summed E-state index contributed by atoms with van der Waals surface area (Å²) in [6.07, 6.45) is 0.490. The van der Waals surface area contributed by atoms with E-state index in [-0.39, 0.29) is 37.1 Å². The summed E-state index contributed by atoms with van der Waals surface area (Å²) < 4.78 is 27.1. The van der Waals surface area contributed by atoms with Gasteiger partial charge < -0.3 is 15.1 Å². The van der Waals surface area contributed by atoms with Crippen molar-refractivity contribution in [1.29, 1.82) is 5.26 Å². The lowest BCUT2D eigenvalue weighted by Crippen LogP contribution is -2.47. The van der Waals surface area contributed by atoms with Crippen LogP contribution >= 0.6 is 0 Å². The maximum absolute atomic E-state index is 13.6. The lowest BCUT2D eigenvalue weighted by Gasteiger charge is -2.34. The maximum atomic E-state index is 13.6. The third kappa shape index (κ3) is 4.53. The summed E-state index contributed by atoms with van der Waals surface area (Å²) in [6, 6.07) is 5.74. The van der Waals surface area contributed by atoms with Gasteiger partial charge in [-0.05, 0) is 31.0 Å². The van der Waals surface area contributed by atoms with E-state index >= 15 is 0 Å². The Morgan fingerprint density at radius 2 is 2.11 bits per heavy atom. The molecule has 2 atom stereocenters. The number of rotatable bonds is 4. The highest BCUT2D eigenvalue weighted by Gasteiger charge is 2.35. The number of amides is 1. The largest absolute Gasteiger partial charge is 0.372 e. The molecule has 2 fully saturated rings. The van der Waals surface area contributed by atoms with Crippen molar-refractivity contribution in [1.82, 2.24) is 10.2 Å². The van der Waals surface area contributed by atoms with Gasteiger partial charge in [0.15, 0.2) is 5.69 Å². The normalized spacial score (nSPS) is 23.1. The molecule has 2 aliphatic heterocycles. The summed E-state index contributed by atoms with van der Waals surface area (Å²) in [4.78, 5) is 18.9. The van der Waals surface area contributed by atoms with Crippen LogP contribution in [0.5, 0.6) is 0 Å². The van der Waals surface area contributed by atoms with Gasteiger partial charge in [0.1, 0.15) is 18.0 Å². The fourth-order valence-electron chi connectivity index (χ4n) is 3.66. The molecule has 0 bridgehead atoms. The zero-order chi connectivity index (χ0) is 19.4. The van der Waals surface area contributed by atoms with E-state index in [0.29, 0.717) is 18.8 Å². The van der Waals surface area contributed by atoms with Crippen molar-refractivity contribution in [2.45, 2.75) is 37.5 Å². The average Bonchev–Trinajstić information content (AvgIpc) is 3.07. The molecule has 3 rings (SSSR count). The van der Waals surface area contributed by atoms with E-state index in [0.717, 1.165) is 12.8 Å². The highest BCUT2D eigenvalue weighted by molar-refractivity contribution is 5.79. The standard InChI is InChI=1S/C19H21F2N5O/c1-23-16-6-13(20)7-17(9-16)25-4-2-15(3-5-25)24-11-19(27)26-12-14(21)8-18(26)10-22/h6-7,9,14-15,18,24H,2-5,8,11-12H2/t14-,18-/m0/s1. The molecule has 0 unspecified atom stereocenters. The number of alkyl halides is 1. The van der Waals surface area contributed by atoms with Crippen LogP contribution in [0.1, 0.15) is 19.3 Å². The van der Waals surface area contributed by atoms with Crippen LogP contribution in [-0.2, 0) is 4.79 Å². The van der Waals surface area contributed by atoms with Gasteiger partial charge in [0.2, 0.25) is 5.91 Å². The predicted octanol–water partition coefficient (Wildman–Crippen LogP) is 2.40. The van der Waals surface area contributed by atoms with E-state index in [2.05, 4.69) is 10.2 Å². The fourth-order valence-corrected chi connectivity index (χ4v) is 3.66. The first-order valence-corrected chi connectivity index (χ1v) is 8.99. The monoisotopic (exact) mass is 373 g/mol. The van der Waals surface area contributed by atoms with Crippen LogP contribution in [0.15, 0.2) is 18.2 Å². The number of piperidine rings is 1. The molecule has 2 heterocycles. The number of nitriles is 1. The van der Waals surface area contributed by atoms with E-state index < -0.39 is 18.0 Å². The Balaban J connectivity index is 1.49. The van der Waals surface area contributed by atoms with Crippen molar-refractivity contribution < 1.29 is 13.6 Å². The van der Waals surface area contributed by atoms with Crippen molar-refractivity contribution in [2.75, 3.05) is 31.1 Å². The molecule has 0 radical (unpaired) electrons. The molecule has 0 aromatic heterocycles. The molecule has 1 aromatic rings. The van der Waals surface area contributed by atoms with Crippen LogP contribution in [0.4, 0.5) is 20.2 Å². The number of anilines is 1. The lowest BCUT2D eigenvalue weighted by molar-refractivity contribution is -0.130. The smallest absolute Gasteiger partial charge is 0.237 e. The van der Waals surface area contributed by atoms with E-state index in [1.165, 1.54) is 17.0 Å². The van der Waals surface area contributed by atoms with Crippen LogP contribution in [0.2, 0.25) is 0 Å². The molecule has 1 aromatic carbocycles. The van der Waals surface area contributed by atoms with Crippen molar-refractivity contribution in [3.05, 3.63) is 35.4 Å². The topological polar surface area (TPSA) is 63.7 Å². The molecule has 2 saturated heterocycles. The second-order valence-electron chi connectivity index (χ2n) is 6.95. The molecule has 0 spiro atoms. The van der Waals surface area contributed by atoms with Crippen molar-refractivity contribution in [3.8, 4) is 6.07 Å². The predicted molar refractivity (Wildman–Crippen MR) is 96.5 cm³/mol. The average molecular weight is 373 g/mol. The molecular formula is C19H21F2N5O. The molecule has 27 heavy (non-hydrogen) atoms. The summed E-state index contributed by atoms with van der Waals surface area (Å²) in [7, 11) is 0. The van der Waals surface area contributed by atoms with E-state index in [1.54, 1.807) is 6.07 Å². The number of halogens is 2. The molecule has 2 aliphatic rings. The van der Waals surface area contributed by atoms with Gasteiger partial charge in [0.05, 0.1) is 25.7 Å². The minimum absolute atomic E-state index is 0.0137. The van der Waals surface area contributed by atoms with E-state index in [4.69, 9.17) is 11.8 Å². The first kappa shape index (κ1) is 19.1. The Hall–Kier alpha value is -2.71. The second kappa shape index (κ2) is 8.32. The number of hydrogen-bond acceptors (Lipinski definition) is 4. The number of carbonyl (C=O) groups excluding carboxylic acids is 1. The summed E-state index contributed by atoms with van der Waals surface area (Å²) in [5.74, 6) is -0.677. The Morgan fingerprint density at radius 3 is 2.78 bits per heavy atom.